The number of hydrogen-bond acceptors (Lipinski definition) is 5. The molecule has 1 saturated heterocycles. The van der Waals surface area contributed by atoms with E-state index in [1.165, 1.54) is 24.3 Å². The Morgan fingerprint density at radius 3 is 2.38 bits per heavy atom. The summed E-state index contributed by atoms with van der Waals surface area (Å²) in [6.07, 6.45) is -4.22. The molecule has 0 aliphatic carbocycles. The van der Waals surface area contributed by atoms with Crippen LogP contribution in [-0.4, -0.2) is 55.6 Å². The first-order chi connectivity index (χ1) is 17.5. The van der Waals surface area contributed by atoms with Gasteiger partial charge in [0.15, 0.2) is 0 Å². The number of aromatic nitrogens is 1. The Morgan fingerprint density at radius 2 is 1.68 bits per heavy atom. The molecule has 0 bridgehead atoms. The first-order valence-corrected chi connectivity index (χ1v) is 11.7. The number of amides is 1. The maximum Gasteiger partial charge on any atom is 0.418 e. The molecular formula is C26H24F5N5O. The molecule has 1 aromatic heterocycles. The van der Waals surface area contributed by atoms with Crippen LogP contribution in [0.3, 0.4) is 0 Å². The van der Waals surface area contributed by atoms with Gasteiger partial charge in [0.05, 0.1) is 5.56 Å². The number of alkyl halides is 3. The summed E-state index contributed by atoms with van der Waals surface area (Å²) in [5.41, 5.74) is 5.54. The van der Waals surface area contributed by atoms with Gasteiger partial charge in [0.1, 0.15) is 11.6 Å². The molecule has 1 amide bonds. The molecule has 0 spiro atoms. The number of nitrogens with one attached hydrogen (secondary N) is 1. The van der Waals surface area contributed by atoms with Crippen molar-refractivity contribution in [2.24, 2.45) is 0 Å². The van der Waals surface area contributed by atoms with Gasteiger partial charge < -0.3 is 20.9 Å². The molecule has 2 aromatic carbocycles. The quantitative estimate of drug-likeness (QED) is 0.400. The molecule has 0 radical (unpaired) electrons. The smallest absolute Gasteiger partial charge is 0.383 e. The lowest BCUT2D eigenvalue weighted by Gasteiger charge is -2.35. The molecule has 37 heavy (non-hydrogen) atoms. The summed E-state index contributed by atoms with van der Waals surface area (Å²) in [4.78, 5) is 19.4. The number of anilines is 2. The number of pyridine rings is 1. The SMILES string of the molecule is CN1CCN(c2ccc(-c3cc(-c4cc5c(cc4F)C(=O)NCC5)c(N)nc3F)cc2C(F)(F)F)CC1. The zero-order valence-corrected chi connectivity index (χ0v) is 19.9. The molecular weight excluding hydrogens is 493 g/mol. The summed E-state index contributed by atoms with van der Waals surface area (Å²) >= 11 is 0. The predicted molar refractivity (Wildman–Crippen MR) is 130 cm³/mol. The lowest BCUT2D eigenvalue weighted by molar-refractivity contribution is -0.137. The van der Waals surface area contributed by atoms with Crippen molar-refractivity contribution in [2.45, 2.75) is 12.6 Å². The number of halogens is 5. The summed E-state index contributed by atoms with van der Waals surface area (Å²) in [5.74, 6) is -2.56. The van der Waals surface area contributed by atoms with Crippen LogP contribution in [0.1, 0.15) is 21.5 Å². The number of fused-ring (bicyclic) bond motifs is 1. The van der Waals surface area contributed by atoms with Gasteiger partial charge in [-0.2, -0.15) is 17.6 Å². The van der Waals surface area contributed by atoms with E-state index >= 15 is 4.39 Å². The highest BCUT2D eigenvalue weighted by atomic mass is 19.4. The number of benzene rings is 2. The largest absolute Gasteiger partial charge is 0.418 e. The molecule has 3 heterocycles. The highest BCUT2D eigenvalue weighted by Gasteiger charge is 2.36. The molecule has 11 heteroatoms. The van der Waals surface area contributed by atoms with Crippen LogP contribution in [-0.2, 0) is 12.6 Å². The van der Waals surface area contributed by atoms with Crippen molar-refractivity contribution < 1.29 is 26.7 Å². The van der Waals surface area contributed by atoms with E-state index in [1.807, 2.05) is 11.9 Å². The van der Waals surface area contributed by atoms with Crippen LogP contribution in [0.4, 0.5) is 33.5 Å². The highest BCUT2D eigenvalue weighted by molar-refractivity contribution is 5.97. The average Bonchev–Trinajstić information content (AvgIpc) is 2.84. The van der Waals surface area contributed by atoms with Crippen molar-refractivity contribution in [1.82, 2.24) is 15.2 Å². The van der Waals surface area contributed by atoms with Crippen LogP contribution < -0.4 is 16.0 Å². The van der Waals surface area contributed by atoms with Crippen molar-refractivity contribution in [3.05, 3.63) is 64.9 Å². The highest BCUT2D eigenvalue weighted by Crippen LogP contribution is 2.41. The molecule has 2 aliphatic heterocycles. The third-order valence-corrected chi connectivity index (χ3v) is 6.87. The van der Waals surface area contributed by atoms with Crippen LogP contribution in [0.5, 0.6) is 0 Å². The number of nitrogen functional groups attached to an aromatic ring is 1. The third kappa shape index (κ3) is 4.71. The van der Waals surface area contributed by atoms with Gasteiger partial charge in [-0.25, -0.2) is 9.37 Å². The second-order valence-corrected chi connectivity index (χ2v) is 9.27. The first kappa shape index (κ1) is 24.9. The van der Waals surface area contributed by atoms with E-state index in [1.54, 1.807) is 4.90 Å². The zero-order valence-electron chi connectivity index (χ0n) is 19.9. The van der Waals surface area contributed by atoms with Crippen LogP contribution in [0, 0.1) is 11.8 Å². The Kier molecular flexibility index (Phi) is 6.26. The van der Waals surface area contributed by atoms with Crippen molar-refractivity contribution in [1.29, 1.82) is 0 Å². The summed E-state index contributed by atoms with van der Waals surface area (Å²) in [5, 5.41) is 2.63. The molecule has 2 aliphatic rings. The van der Waals surface area contributed by atoms with E-state index in [4.69, 9.17) is 5.73 Å². The van der Waals surface area contributed by atoms with Crippen molar-refractivity contribution in [2.75, 3.05) is 50.4 Å². The third-order valence-electron chi connectivity index (χ3n) is 6.87. The Bertz CT molecular complexity index is 1380. The molecule has 0 saturated carbocycles. The number of rotatable bonds is 3. The Morgan fingerprint density at radius 1 is 0.946 bits per heavy atom. The van der Waals surface area contributed by atoms with Gasteiger partial charge in [-0.05, 0) is 54.9 Å². The van der Waals surface area contributed by atoms with E-state index in [9.17, 15) is 22.4 Å². The monoisotopic (exact) mass is 517 g/mol. The van der Waals surface area contributed by atoms with Crippen molar-refractivity contribution in [3.8, 4) is 22.3 Å². The molecule has 6 nitrogen and oxygen atoms in total. The predicted octanol–water partition coefficient (Wildman–Crippen LogP) is 4.33. The fraction of sp³-hybridized carbons (Fsp3) is 0.308. The molecule has 194 valence electrons. The van der Waals surface area contributed by atoms with E-state index in [0.29, 0.717) is 44.7 Å². The van der Waals surface area contributed by atoms with Crippen LogP contribution in [0.2, 0.25) is 0 Å². The number of hydrogen-bond donors (Lipinski definition) is 2. The normalized spacial score (nSPS) is 16.5. The Balaban J connectivity index is 1.60. The number of nitrogens with two attached hydrogens (primary N) is 1. The van der Waals surface area contributed by atoms with Gasteiger partial charge in [-0.1, -0.05) is 6.07 Å². The van der Waals surface area contributed by atoms with E-state index < -0.39 is 29.4 Å². The Hall–Kier alpha value is -3.73. The number of piperazine rings is 1. The lowest BCUT2D eigenvalue weighted by Crippen LogP contribution is -2.45. The number of carbonyl (C=O) groups excluding carboxylic acids is 1. The molecule has 3 N–H and O–H groups in total. The van der Waals surface area contributed by atoms with E-state index in [-0.39, 0.29) is 39.3 Å². The fourth-order valence-corrected chi connectivity index (χ4v) is 4.82. The van der Waals surface area contributed by atoms with Gasteiger partial charge in [-0.3, -0.25) is 4.79 Å². The molecule has 1 fully saturated rings. The topological polar surface area (TPSA) is 74.5 Å². The maximum absolute atomic E-state index is 15.0. The zero-order chi connectivity index (χ0) is 26.5. The summed E-state index contributed by atoms with van der Waals surface area (Å²) < 4.78 is 72.2. The van der Waals surface area contributed by atoms with Gasteiger partial charge in [-0.15, -0.1) is 0 Å². The Labute approximate surface area is 209 Å². The minimum atomic E-state index is -4.68. The van der Waals surface area contributed by atoms with Gasteiger partial charge in [0.2, 0.25) is 5.95 Å². The van der Waals surface area contributed by atoms with Crippen molar-refractivity contribution >= 4 is 17.4 Å². The second-order valence-electron chi connectivity index (χ2n) is 9.27. The minimum absolute atomic E-state index is 0.00944. The van der Waals surface area contributed by atoms with Crippen molar-refractivity contribution in [3.63, 3.8) is 0 Å². The van der Waals surface area contributed by atoms with Gasteiger partial charge in [0.25, 0.3) is 5.91 Å². The summed E-state index contributed by atoms with van der Waals surface area (Å²) in [6, 6.07) is 7.36. The van der Waals surface area contributed by atoms with Gasteiger partial charge >= 0.3 is 6.18 Å². The maximum atomic E-state index is 15.0. The standard InChI is InChI=1S/C26H24F5N5O/c1-35-6-8-36(9-7-35)22-3-2-14(11-20(22)26(29,30)31)16-12-19(24(32)34-23(16)28)18-10-15-4-5-33-25(37)17(15)13-21(18)27/h2-3,10-13H,4-9H2,1H3,(H2,32,34)(H,33,37). The lowest BCUT2D eigenvalue weighted by atomic mass is 9.93. The molecule has 0 atom stereocenters. The number of nitrogens with zero attached hydrogens (tertiary/aromatic N) is 3. The average molecular weight is 518 g/mol. The minimum Gasteiger partial charge on any atom is -0.383 e. The second kappa shape index (κ2) is 9.29. The van der Waals surface area contributed by atoms with E-state index in [0.717, 1.165) is 12.1 Å². The summed E-state index contributed by atoms with van der Waals surface area (Å²) in [6.45, 7) is 2.46. The molecule has 0 unspecified atom stereocenters. The van der Waals surface area contributed by atoms with Crippen LogP contribution in [0.25, 0.3) is 22.3 Å². The number of likely N-dealkylation sites (N-methyl/N-ethyl adjacent to an activating group) is 1. The van der Waals surface area contributed by atoms with E-state index in [2.05, 4.69) is 10.3 Å². The molecule has 3 aromatic rings. The number of carbonyl (C=O) groups is 1. The summed E-state index contributed by atoms with van der Waals surface area (Å²) in [7, 11) is 1.90. The van der Waals surface area contributed by atoms with Crippen LogP contribution in [0.15, 0.2) is 36.4 Å². The fourth-order valence-electron chi connectivity index (χ4n) is 4.82. The van der Waals surface area contributed by atoms with Gasteiger partial charge in [0, 0.05) is 60.7 Å². The molecule has 5 rings (SSSR count). The first-order valence-electron chi connectivity index (χ1n) is 11.7. The van der Waals surface area contributed by atoms with Crippen LogP contribution >= 0.6 is 0 Å².